The van der Waals surface area contributed by atoms with Crippen LogP contribution in [0.5, 0.6) is 0 Å². The zero-order chi connectivity index (χ0) is 73.7. The third-order valence-electron chi connectivity index (χ3n) is 22.0. The minimum Gasteiger partial charge on any atom is -0.300 e. The molecule has 0 spiro atoms. The van der Waals surface area contributed by atoms with Crippen LogP contribution in [0.25, 0.3) is 150 Å². The number of benzene rings is 14. The van der Waals surface area contributed by atoms with Gasteiger partial charge < -0.3 is 0 Å². The fourth-order valence-electron chi connectivity index (χ4n) is 16.3. The van der Waals surface area contributed by atoms with Crippen LogP contribution < -0.4 is 0 Å². The van der Waals surface area contributed by atoms with Gasteiger partial charge in [0.25, 0.3) is 0 Å². The number of nitrogens with zero attached hydrogens (tertiary/aromatic N) is 6. The van der Waals surface area contributed by atoms with E-state index in [0.29, 0.717) is 29.2 Å². The van der Waals surface area contributed by atoms with Gasteiger partial charge in [0, 0.05) is 86.7 Å². The lowest BCUT2D eigenvalue weighted by Gasteiger charge is -2.32. The SMILES string of the molecule is C=Cc1ccccc1C(C1=CCC(C)(c2ccc(/N=C/c3cc(-c4cccc(-c5ccccn5)c4)cc(-c4ccc5ccc6cccc7ccc4c5c67)c3)c(C(=N)c3cccc(-c4ccccn4)c3)c2)C=C1)c1cc(-c2cccnc2)cc(-c2nc(-c3cccc4ccccc34)c3cc(-c4ccccc4)ccc3n2)c1. The molecule has 7 nitrogen and oxygen atoms in total. The van der Waals surface area contributed by atoms with Crippen molar-refractivity contribution in [3.05, 3.63) is 416 Å². The lowest BCUT2D eigenvalue weighted by Crippen LogP contribution is -2.22. The number of aliphatic imine (C=N–C) groups is 1. The summed E-state index contributed by atoms with van der Waals surface area (Å²) in [6, 6.07) is 114. The predicted molar refractivity (Wildman–Crippen MR) is 458 cm³/mol. The Hall–Kier alpha value is -14.3. The summed E-state index contributed by atoms with van der Waals surface area (Å²) in [6.45, 7) is 6.70. The van der Waals surface area contributed by atoms with Crippen LogP contribution in [-0.2, 0) is 5.41 Å². The number of fused-ring (bicyclic) bond motifs is 2. The molecule has 0 saturated heterocycles. The molecule has 518 valence electrons. The molecule has 14 aromatic carbocycles. The number of nitrogens with one attached hydrogen (secondary N) is 1. The van der Waals surface area contributed by atoms with Crippen LogP contribution in [0.3, 0.4) is 0 Å². The van der Waals surface area contributed by atoms with E-state index in [-0.39, 0.29) is 5.92 Å². The van der Waals surface area contributed by atoms with Crippen LogP contribution in [0.2, 0.25) is 0 Å². The van der Waals surface area contributed by atoms with Crippen molar-refractivity contribution in [1.82, 2.24) is 24.9 Å². The third kappa shape index (κ3) is 12.5. The summed E-state index contributed by atoms with van der Waals surface area (Å²) in [4.78, 5) is 30.8. The summed E-state index contributed by atoms with van der Waals surface area (Å²) < 4.78 is 0. The van der Waals surface area contributed by atoms with Gasteiger partial charge in [-0.15, -0.1) is 0 Å². The molecule has 4 aromatic heterocycles. The standard InChI is InChI=1S/C103H71N7/c1-3-67-20-7-10-33-88(67)97(83-59-81(79-31-19-51-105-65-79)60-84(61-83)102-109-96-45-41-75(68-21-5-4-6-22-68)62-92(96)101(110-102)90-34-18-24-69-23-8-9-32-86(69)90)73-47-49-103(2,50-48-73)85-42-46-95(91(63-85)100(104)78-30-17-29-77(57-78)94-36-12-14-53-107-94)108-64-66-54-80(74-27-16-28-76(56-74)93-35-11-13-52-106-93)58-82(55-66)87-43-39-72-38-37-70-25-15-26-71-40-44-89(87)99(72)98(70)71/h3-49,51-65,97,104H,1,50H2,2H3/b104-100?,108-64+. The van der Waals surface area contributed by atoms with Crippen molar-refractivity contribution >= 4 is 77.7 Å². The number of rotatable bonds is 17. The molecule has 2 atom stereocenters. The first kappa shape index (κ1) is 66.4. The van der Waals surface area contributed by atoms with Crippen molar-refractivity contribution in [3.63, 3.8) is 0 Å². The second-order valence-electron chi connectivity index (χ2n) is 28.8. The number of aromatic nitrogens is 5. The quantitative estimate of drug-likeness (QED) is 0.0723. The van der Waals surface area contributed by atoms with Crippen LogP contribution in [-0.4, -0.2) is 36.8 Å². The molecule has 19 rings (SSSR count). The van der Waals surface area contributed by atoms with Gasteiger partial charge in [0.1, 0.15) is 0 Å². The Bertz CT molecular complexity index is 6720. The van der Waals surface area contributed by atoms with E-state index in [2.05, 4.69) is 310 Å². The molecule has 0 amide bonds. The van der Waals surface area contributed by atoms with Gasteiger partial charge in [-0.2, -0.15) is 0 Å². The number of allylic oxidation sites excluding steroid dienone is 4. The normalized spacial score (nSPS) is 13.9. The van der Waals surface area contributed by atoms with Crippen molar-refractivity contribution in [1.29, 1.82) is 5.41 Å². The maximum Gasteiger partial charge on any atom is 0.160 e. The van der Waals surface area contributed by atoms with Crippen LogP contribution in [0.4, 0.5) is 5.69 Å². The molecule has 0 fully saturated rings. The highest BCUT2D eigenvalue weighted by molar-refractivity contribution is 6.25. The van der Waals surface area contributed by atoms with Crippen molar-refractivity contribution < 1.29 is 0 Å². The summed E-state index contributed by atoms with van der Waals surface area (Å²) in [5, 5.41) is 21.0. The molecule has 7 heteroatoms. The highest BCUT2D eigenvalue weighted by Gasteiger charge is 2.31. The Morgan fingerprint density at radius 3 is 1.92 bits per heavy atom. The van der Waals surface area contributed by atoms with Gasteiger partial charge in [-0.3, -0.25) is 25.4 Å². The molecule has 1 aliphatic carbocycles. The maximum absolute atomic E-state index is 10.4. The highest BCUT2D eigenvalue weighted by Crippen LogP contribution is 2.47. The first-order chi connectivity index (χ1) is 54.2. The minimum absolute atomic E-state index is 0.253. The minimum atomic E-state index is -0.507. The molecular formula is C103H71N7. The fraction of sp³-hybridized carbons (Fsp3) is 0.0388. The molecule has 0 radical (unpaired) electrons. The van der Waals surface area contributed by atoms with E-state index >= 15 is 0 Å². The molecule has 110 heavy (non-hydrogen) atoms. The van der Waals surface area contributed by atoms with Crippen LogP contribution in [0, 0.1) is 5.41 Å². The number of hydrogen-bond acceptors (Lipinski definition) is 7. The van der Waals surface area contributed by atoms with Crippen molar-refractivity contribution in [2.75, 3.05) is 0 Å². The average Bonchev–Trinajstić information content (AvgIpc) is 0.744. The van der Waals surface area contributed by atoms with Crippen LogP contribution in [0.1, 0.15) is 58.2 Å². The van der Waals surface area contributed by atoms with Gasteiger partial charge >= 0.3 is 0 Å². The second kappa shape index (κ2) is 28.2. The Labute approximate surface area is 638 Å². The topological polar surface area (TPSA) is 101 Å². The third-order valence-corrected chi connectivity index (χ3v) is 22.0. The molecule has 1 aliphatic rings. The summed E-state index contributed by atoms with van der Waals surface area (Å²) in [6.07, 6.45) is 19.1. The molecule has 2 unspecified atom stereocenters. The van der Waals surface area contributed by atoms with E-state index in [1.807, 2.05) is 85.6 Å². The van der Waals surface area contributed by atoms with Crippen molar-refractivity contribution in [3.8, 4) is 89.7 Å². The van der Waals surface area contributed by atoms with E-state index in [1.165, 1.54) is 32.3 Å². The smallest absolute Gasteiger partial charge is 0.160 e. The van der Waals surface area contributed by atoms with Gasteiger partial charge in [-0.05, 0) is 219 Å². The van der Waals surface area contributed by atoms with Crippen LogP contribution >= 0.6 is 0 Å². The highest BCUT2D eigenvalue weighted by atomic mass is 14.9. The molecule has 0 bridgehead atoms. The Morgan fingerprint density at radius 2 is 1.12 bits per heavy atom. The van der Waals surface area contributed by atoms with Gasteiger partial charge in [0.15, 0.2) is 5.82 Å². The van der Waals surface area contributed by atoms with E-state index < -0.39 is 5.41 Å². The fourth-order valence-corrected chi connectivity index (χ4v) is 16.3. The average molecular weight is 1410 g/mol. The maximum atomic E-state index is 10.4. The lowest BCUT2D eigenvalue weighted by atomic mass is 9.72. The monoisotopic (exact) mass is 1410 g/mol. The van der Waals surface area contributed by atoms with E-state index in [1.54, 1.807) is 0 Å². The molecule has 4 heterocycles. The molecule has 18 aromatic rings. The Kier molecular flexibility index (Phi) is 17.0. The van der Waals surface area contributed by atoms with E-state index in [9.17, 15) is 5.41 Å². The molecule has 0 saturated carbocycles. The first-order valence-corrected chi connectivity index (χ1v) is 37.4. The summed E-state index contributed by atoms with van der Waals surface area (Å²) >= 11 is 0. The summed E-state index contributed by atoms with van der Waals surface area (Å²) in [7, 11) is 0. The van der Waals surface area contributed by atoms with Gasteiger partial charge in [0.2, 0.25) is 0 Å². The molecule has 1 N–H and O–H groups in total. The zero-order valence-electron chi connectivity index (χ0n) is 60.5. The molecular weight excluding hydrogens is 1340 g/mol. The Balaban J connectivity index is 0.732. The van der Waals surface area contributed by atoms with Gasteiger partial charge in [-0.25, -0.2) is 9.97 Å². The van der Waals surface area contributed by atoms with Gasteiger partial charge in [0.05, 0.1) is 34.0 Å². The zero-order valence-corrected chi connectivity index (χ0v) is 60.5. The van der Waals surface area contributed by atoms with E-state index in [4.69, 9.17) is 24.9 Å². The summed E-state index contributed by atoms with van der Waals surface area (Å²) in [5.41, 5.74) is 24.2. The lowest BCUT2D eigenvalue weighted by molar-refractivity contribution is 0.593. The second-order valence-corrected chi connectivity index (χ2v) is 28.8. The largest absolute Gasteiger partial charge is 0.300 e. The Morgan fingerprint density at radius 1 is 0.464 bits per heavy atom. The summed E-state index contributed by atoms with van der Waals surface area (Å²) in [5.74, 6) is 0.367. The van der Waals surface area contributed by atoms with E-state index in [0.717, 1.165) is 144 Å². The molecule has 0 aliphatic heterocycles. The van der Waals surface area contributed by atoms with Crippen LogP contribution in [0.15, 0.2) is 382 Å². The predicted octanol–water partition coefficient (Wildman–Crippen LogP) is 26.0. The first-order valence-electron chi connectivity index (χ1n) is 37.4. The number of pyridine rings is 3. The van der Waals surface area contributed by atoms with Gasteiger partial charge in [-0.1, -0.05) is 262 Å². The number of hydrogen-bond donors (Lipinski definition) is 1. The van der Waals surface area contributed by atoms with Crippen molar-refractivity contribution in [2.24, 2.45) is 4.99 Å². The van der Waals surface area contributed by atoms with Crippen molar-refractivity contribution in [2.45, 2.75) is 24.7 Å².